The fourth-order valence-electron chi connectivity index (χ4n) is 1.62. The summed E-state index contributed by atoms with van der Waals surface area (Å²) in [4.78, 5) is 10.9. The molecule has 1 atom stereocenters. The zero-order valence-corrected chi connectivity index (χ0v) is 10.1. The van der Waals surface area contributed by atoms with Crippen LogP contribution in [0.1, 0.15) is 25.3 Å². The Bertz CT molecular complexity index is 469. The van der Waals surface area contributed by atoms with Gasteiger partial charge in [0, 0.05) is 6.54 Å². The first-order valence-corrected chi connectivity index (χ1v) is 5.74. The first-order chi connectivity index (χ1) is 8.58. The fraction of sp³-hybridized carbons (Fsp3) is 0.385. The normalized spacial score (nSPS) is 11.6. The topological polar surface area (TPSA) is 73.1 Å². The molecule has 0 aliphatic heterocycles. The Morgan fingerprint density at radius 1 is 1.61 bits per heavy atom. The van der Waals surface area contributed by atoms with Crippen LogP contribution in [0.15, 0.2) is 18.2 Å². The fourth-order valence-corrected chi connectivity index (χ4v) is 1.62. The molecule has 1 rings (SSSR count). The van der Waals surface area contributed by atoms with Crippen molar-refractivity contribution in [3.63, 3.8) is 0 Å². The minimum Gasteiger partial charge on any atom is -0.481 e. The lowest BCUT2D eigenvalue weighted by Gasteiger charge is -2.13. The Balaban J connectivity index is 2.68. The maximum Gasteiger partial charge on any atom is 0.308 e. The van der Waals surface area contributed by atoms with Gasteiger partial charge in [-0.2, -0.15) is 5.26 Å². The molecule has 0 heterocycles. The lowest BCUT2D eigenvalue weighted by molar-refractivity contribution is -0.141. The third-order valence-corrected chi connectivity index (χ3v) is 2.62. The quantitative estimate of drug-likeness (QED) is 0.814. The number of hydrogen-bond donors (Lipinski definition) is 2. The molecule has 0 amide bonds. The van der Waals surface area contributed by atoms with E-state index < -0.39 is 17.7 Å². The standard InChI is InChI=1S/C13H15FN2O2/c1-2-3-10(13(17)18)8-16-12-5-4-9(7-15)6-11(12)14/h4-6,10,16H,2-3,8H2,1H3,(H,17,18). The lowest BCUT2D eigenvalue weighted by Crippen LogP contribution is -2.23. The molecular formula is C13H15FN2O2. The van der Waals surface area contributed by atoms with Crippen molar-refractivity contribution < 1.29 is 14.3 Å². The minimum absolute atomic E-state index is 0.173. The third-order valence-electron chi connectivity index (χ3n) is 2.62. The SMILES string of the molecule is CCCC(CNc1ccc(C#N)cc1F)C(=O)O. The molecular weight excluding hydrogens is 235 g/mol. The van der Waals surface area contributed by atoms with Gasteiger partial charge in [0.25, 0.3) is 0 Å². The van der Waals surface area contributed by atoms with E-state index >= 15 is 0 Å². The number of carbonyl (C=O) groups is 1. The number of carboxylic acid groups (broad SMARTS) is 1. The summed E-state index contributed by atoms with van der Waals surface area (Å²) in [5.41, 5.74) is 0.456. The van der Waals surface area contributed by atoms with E-state index in [4.69, 9.17) is 10.4 Å². The summed E-state index contributed by atoms with van der Waals surface area (Å²) < 4.78 is 13.5. The summed E-state index contributed by atoms with van der Waals surface area (Å²) in [6, 6.07) is 5.89. The van der Waals surface area contributed by atoms with Gasteiger partial charge in [0.2, 0.25) is 0 Å². The minimum atomic E-state index is -0.890. The van der Waals surface area contributed by atoms with Gasteiger partial charge in [-0.15, -0.1) is 0 Å². The van der Waals surface area contributed by atoms with Crippen LogP contribution in [0, 0.1) is 23.1 Å². The van der Waals surface area contributed by atoms with Crippen molar-refractivity contribution in [1.82, 2.24) is 0 Å². The van der Waals surface area contributed by atoms with Crippen LogP contribution in [-0.4, -0.2) is 17.6 Å². The van der Waals surface area contributed by atoms with E-state index in [9.17, 15) is 9.18 Å². The van der Waals surface area contributed by atoms with Crippen molar-refractivity contribution in [1.29, 1.82) is 5.26 Å². The van der Waals surface area contributed by atoms with Crippen molar-refractivity contribution in [3.8, 4) is 6.07 Å². The van der Waals surface area contributed by atoms with E-state index in [1.165, 1.54) is 12.1 Å². The summed E-state index contributed by atoms with van der Waals surface area (Å²) >= 11 is 0. The summed E-state index contributed by atoms with van der Waals surface area (Å²) in [5, 5.41) is 20.3. The van der Waals surface area contributed by atoms with Gasteiger partial charge in [-0.1, -0.05) is 13.3 Å². The molecule has 0 bridgehead atoms. The molecule has 2 N–H and O–H groups in total. The Labute approximate surface area is 105 Å². The molecule has 0 saturated carbocycles. The summed E-state index contributed by atoms with van der Waals surface area (Å²) in [5.74, 6) is -1.97. The smallest absolute Gasteiger partial charge is 0.308 e. The number of rotatable bonds is 6. The zero-order valence-electron chi connectivity index (χ0n) is 10.1. The molecule has 0 saturated heterocycles. The predicted molar refractivity (Wildman–Crippen MR) is 65.6 cm³/mol. The van der Waals surface area contributed by atoms with Crippen molar-refractivity contribution in [2.45, 2.75) is 19.8 Å². The van der Waals surface area contributed by atoms with E-state index in [2.05, 4.69) is 5.32 Å². The van der Waals surface area contributed by atoms with Gasteiger partial charge in [-0.3, -0.25) is 4.79 Å². The molecule has 0 radical (unpaired) electrons. The molecule has 0 aliphatic carbocycles. The van der Waals surface area contributed by atoms with Gasteiger partial charge in [-0.05, 0) is 24.6 Å². The number of benzene rings is 1. The van der Waals surface area contributed by atoms with Gasteiger partial charge in [0.05, 0.1) is 23.2 Å². The van der Waals surface area contributed by atoms with E-state index in [1.807, 2.05) is 13.0 Å². The van der Waals surface area contributed by atoms with Crippen molar-refractivity contribution in [2.24, 2.45) is 5.92 Å². The largest absolute Gasteiger partial charge is 0.481 e. The van der Waals surface area contributed by atoms with Crippen LogP contribution in [0.2, 0.25) is 0 Å². The van der Waals surface area contributed by atoms with E-state index in [1.54, 1.807) is 0 Å². The first-order valence-electron chi connectivity index (χ1n) is 5.74. The number of hydrogen-bond acceptors (Lipinski definition) is 3. The van der Waals surface area contributed by atoms with Crippen LogP contribution < -0.4 is 5.32 Å². The number of carboxylic acids is 1. The van der Waals surface area contributed by atoms with Gasteiger partial charge >= 0.3 is 5.97 Å². The molecule has 5 heteroatoms. The summed E-state index contributed by atoms with van der Waals surface area (Å²) in [6.07, 6.45) is 1.30. The van der Waals surface area contributed by atoms with Crippen molar-refractivity contribution in [3.05, 3.63) is 29.6 Å². The van der Waals surface area contributed by atoms with E-state index in [-0.39, 0.29) is 17.8 Å². The monoisotopic (exact) mass is 250 g/mol. The van der Waals surface area contributed by atoms with E-state index in [0.29, 0.717) is 6.42 Å². The average Bonchev–Trinajstić information content (AvgIpc) is 2.35. The van der Waals surface area contributed by atoms with Crippen LogP contribution >= 0.6 is 0 Å². The maximum atomic E-state index is 13.5. The molecule has 18 heavy (non-hydrogen) atoms. The van der Waals surface area contributed by atoms with Crippen molar-refractivity contribution >= 4 is 11.7 Å². The number of nitriles is 1. The second kappa shape index (κ2) is 6.60. The first kappa shape index (κ1) is 14.0. The number of nitrogens with one attached hydrogen (secondary N) is 1. The number of halogens is 1. The number of nitrogens with zero attached hydrogens (tertiary/aromatic N) is 1. The van der Waals surface area contributed by atoms with Gasteiger partial charge in [0.15, 0.2) is 0 Å². The highest BCUT2D eigenvalue weighted by molar-refractivity contribution is 5.70. The highest BCUT2D eigenvalue weighted by Gasteiger charge is 2.16. The van der Waals surface area contributed by atoms with Gasteiger partial charge < -0.3 is 10.4 Å². The molecule has 1 unspecified atom stereocenters. The number of aliphatic carboxylic acids is 1. The molecule has 1 aromatic carbocycles. The van der Waals surface area contributed by atoms with Crippen LogP contribution in [-0.2, 0) is 4.79 Å². The van der Waals surface area contributed by atoms with Gasteiger partial charge in [-0.25, -0.2) is 4.39 Å². The van der Waals surface area contributed by atoms with E-state index in [0.717, 1.165) is 12.5 Å². The molecule has 0 aliphatic rings. The Hall–Kier alpha value is -2.09. The van der Waals surface area contributed by atoms with Crippen LogP contribution in [0.4, 0.5) is 10.1 Å². The predicted octanol–water partition coefficient (Wildman–Crippen LogP) is 2.61. The zero-order chi connectivity index (χ0) is 13.5. The Morgan fingerprint density at radius 2 is 2.33 bits per heavy atom. The molecule has 0 aromatic heterocycles. The van der Waals surface area contributed by atoms with Crippen LogP contribution in [0.25, 0.3) is 0 Å². The van der Waals surface area contributed by atoms with Crippen molar-refractivity contribution in [2.75, 3.05) is 11.9 Å². The van der Waals surface area contributed by atoms with Gasteiger partial charge in [0.1, 0.15) is 5.82 Å². The highest BCUT2D eigenvalue weighted by Crippen LogP contribution is 2.17. The molecule has 96 valence electrons. The molecule has 1 aromatic rings. The lowest BCUT2D eigenvalue weighted by atomic mass is 10.0. The maximum absolute atomic E-state index is 13.5. The Morgan fingerprint density at radius 3 is 2.83 bits per heavy atom. The summed E-state index contributed by atoms with van der Waals surface area (Å²) in [7, 11) is 0. The Kier molecular flexibility index (Phi) is 5.12. The second-order valence-corrected chi connectivity index (χ2v) is 4.01. The van der Waals surface area contributed by atoms with Crippen LogP contribution in [0.3, 0.4) is 0 Å². The van der Waals surface area contributed by atoms with Crippen LogP contribution in [0.5, 0.6) is 0 Å². The summed E-state index contributed by atoms with van der Waals surface area (Å²) in [6.45, 7) is 2.07. The second-order valence-electron chi connectivity index (χ2n) is 4.01. The molecule has 0 spiro atoms. The molecule has 0 fully saturated rings. The number of anilines is 1. The average molecular weight is 250 g/mol. The third kappa shape index (κ3) is 3.74. The molecule has 4 nitrogen and oxygen atoms in total. The highest BCUT2D eigenvalue weighted by atomic mass is 19.1.